The molecule has 0 bridgehead atoms. The lowest BCUT2D eigenvalue weighted by Crippen LogP contribution is -1.94. The van der Waals surface area contributed by atoms with Gasteiger partial charge in [0.25, 0.3) is 0 Å². The Morgan fingerprint density at radius 3 is 2.78 bits per heavy atom. The van der Waals surface area contributed by atoms with Gasteiger partial charge in [-0.15, -0.1) is 0 Å². The molecule has 3 aromatic rings. The third-order valence-corrected chi connectivity index (χ3v) is 2.68. The molecule has 0 radical (unpaired) electrons. The van der Waals surface area contributed by atoms with E-state index in [4.69, 9.17) is 9.52 Å². The van der Waals surface area contributed by atoms with Gasteiger partial charge in [0.15, 0.2) is 5.76 Å². The first-order chi connectivity index (χ1) is 8.74. The van der Waals surface area contributed by atoms with E-state index in [9.17, 15) is 4.79 Å². The molecule has 0 atom stereocenters. The van der Waals surface area contributed by atoms with Crippen LogP contribution in [-0.2, 0) is 0 Å². The molecule has 3 rings (SSSR count). The number of benzene rings is 1. The van der Waals surface area contributed by atoms with Crippen LogP contribution < -0.4 is 0 Å². The number of furan rings is 1. The summed E-state index contributed by atoms with van der Waals surface area (Å²) < 4.78 is 5.63. The van der Waals surface area contributed by atoms with E-state index in [2.05, 4.69) is 4.98 Å². The van der Waals surface area contributed by atoms with Crippen molar-refractivity contribution in [2.24, 2.45) is 0 Å². The highest BCUT2D eigenvalue weighted by Crippen LogP contribution is 2.27. The van der Waals surface area contributed by atoms with Gasteiger partial charge < -0.3 is 9.52 Å². The van der Waals surface area contributed by atoms with Crippen LogP contribution in [0.2, 0.25) is 0 Å². The smallest absolute Gasteiger partial charge is 0.335 e. The molecule has 2 aromatic heterocycles. The maximum Gasteiger partial charge on any atom is 0.335 e. The Bertz CT molecular complexity index is 716. The molecule has 88 valence electrons. The van der Waals surface area contributed by atoms with Crippen LogP contribution in [0.4, 0.5) is 0 Å². The molecule has 0 saturated heterocycles. The number of carbonyl (C=O) groups is 1. The third kappa shape index (κ3) is 1.73. The average molecular weight is 239 g/mol. The van der Waals surface area contributed by atoms with Crippen LogP contribution in [0.25, 0.3) is 22.4 Å². The van der Waals surface area contributed by atoms with Crippen LogP contribution in [0.5, 0.6) is 0 Å². The van der Waals surface area contributed by atoms with Crippen LogP contribution in [0.1, 0.15) is 10.4 Å². The third-order valence-electron chi connectivity index (χ3n) is 2.68. The Hall–Kier alpha value is -2.62. The van der Waals surface area contributed by atoms with Crippen LogP contribution in [0.3, 0.4) is 0 Å². The van der Waals surface area contributed by atoms with Gasteiger partial charge in [-0.1, -0.05) is 6.07 Å². The second kappa shape index (κ2) is 4.00. The quantitative estimate of drug-likeness (QED) is 0.745. The number of carboxylic acid groups (broad SMARTS) is 1. The molecular weight excluding hydrogens is 230 g/mol. The second-order valence-electron chi connectivity index (χ2n) is 3.88. The Labute approximate surface area is 103 Å². The molecule has 0 saturated carbocycles. The van der Waals surface area contributed by atoms with Crippen molar-refractivity contribution in [3.05, 3.63) is 54.2 Å². The number of pyridine rings is 1. The summed E-state index contributed by atoms with van der Waals surface area (Å²) in [5.74, 6) is -0.314. The first kappa shape index (κ1) is 10.5. The van der Waals surface area contributed by atoms with Crippen molar-refractivity contribution in [1.82, 2.24) is 4.98 Å². The predicted octanol–water partition coefficient (Wildman–Crippen LogP) is 3.19. The van der Waals surface area contributed by atoms with E-state index < -0.39 is 5.97 Å². The summed E-state index contributed by atoms with van der Waals surface area (Å²) >= 11 is 0. The monoisotopic (exact) mass is 239 g/mol. The van der Waals surface area contributed by atoms with Crippen LogP contribution in [0.15, 0.2) is 53.1 Å². The Morgan fingerprint density at radius 2 is 2.06 bits per heavy atom. The summed E-state index contributed by atoms with van der Waals surface area (Å²) in [6.07, 6.45) is 1.69. The van der Waals surface area contributed by atoms with E-state index in [0.717, 1.165) is 11.1 Å². The minimum atomic E-state index is -0.947. The molecule has 0 aliphatic heterocycles. The minimum Gasteiger partial charge on any atom is -0.478 e. The van der Waals surface area contributed by atoms with Gasteiger partial charge in [-0.3, -0.25) is 4.98 Å². The number of aromatic carboxylic acids is 1. The number of aromatic nitrogens is 1. The SMILES string of the molecule is O=C(O)c1ccc2oc(-c3ccccn3)cc2c1. The van der Waals surface area contributed by atoms with Gasteiger partial charge in [-0.2, -0.15) is 0 Å². The lowest BCUT2D eigenvalue weighted by molar-refractivity contribution is 0.0697. The Kier molecular flexibility index (Phi) is 2.34. The molecule has 18 heavy (non-hydrogen) atoms. The van der Waals surface area contributed by atoms with Crippen LogP contribution in [-0.4, -0.2) is 16.1 Å². The molecule has 4 nitrogen and oxygen atoms in total. The Morgan fingerprint density at radius 1 is 1.17 bits per heavy atom. The van der Waals surface area contributed by atoms with Gasteiger partial charge in [-0.05, 0) is 36.4 Å². The fourth-order valence-electron chi connectivity index (χ4n) is 1.81. The molecule has 0 unspecified atom stereocenters. The average Bonchev–Trinajstić information content (AvgIpc) is 2.82. The highest BCUT2D eigenvalue weighted by Gasteiger charge is 2.09. The molecule has 1 aromatic carbocycles. The normalized spacial score (nSPS) is 10.7. The zero-order chi connectivity index (χ0) is 12.5. The van der Waals surface area contributed by atoms with E-state index in [1.807, 2.05) is 18.2 Å². The lowest BCUT2D eigenvalue weighted by Gasteiger charge is -1.93. The lowest BCUT2D eigenvalue weighted by atomic mass is 10.1. The van der Waals surface area contributed by atoms with Gasteiger partial charge in [0, 0.05) is 11.6 Å². The summed E-state index contributed by atoms with van der Waals surface area (Å²) in [5.41, 5.74) is 1.63. The number of carboxylic acids is 1. The van der Waals surface area contributed by atoms with Gasteiger partial charge in [-0.25, -0.2) is 4.79 Å². The van der Waals surface area contributed by atoms with Crippen molar-refractivity contribution < 1.29 is 14.3 Å². The van der Waals surface area contributed by atoms with Crippen molar-refractivity contribution in [3.63, 3.8) is 0 Å². The molecule has 0 spiro atoms. The highest BCUT2D eigenvalue weighted by atomic mass is 16.4. The van der Waals surface area contributed by atoms with Gasteiger partial charge >= 0.3 is 5.97 Å². The maximum atomic E-state index is 10.9. The summed E-state index contributed by atoms with van der Waals surface area (Å²) in [6.45, 7) is 0. The van der Waals surface area contributed by atoms with Crippen LogP contribution in [0, 0.1) is 0 Å². The van der Waals surface area contributed by atoms with Crippen molar-refractivity contribution in [2.75, 3.05) is 0 Å². The standard InChI is InChI=1S/C14H9NO3/c16-14(17)9-4-5-12-10(7-9)8-13(18-12)11-3-1-2-6-15-11/h1-8H,(H,16,17). The number of rotatable bonds is 2. The van der Waals surface area contributed by atoms with Crippen molar-refractivity contribution in [3.8, 4) is 11.5 Å². The number of fused-ring (bicyclic) bond motifs is 1. The molecule has 2 heterocycles. The predicted molar refractivity (Wildman–Crippen MR) is 66.4 cm³/mol. The van der Waals surface area contributed by atoms with Gasteiger partial charge in [0.2, 0.25) is 0 Å². The van der Waals surface area contributed by atoms with E-state index >= 15 is 0 Å². The second-order valence-corrected chi connectivity index (χ2v) is 3.88. The van der Waals surface area contributed by atoms with Crippen molar-refractivity contribution in [2.45, 2.75) is 0 Å². The number of nitrogens with zero attached hydrogens (tertiary/aromatic N) is 1. The van der Waals surface area contributed by atoms with Gasteiger partial charge in [0.1, 0.15) is 11.3 Å². The zero-order valence-electron chi connectivity index (χ0n) is 9.33. The molecular formula is C14H9NO3. The van der Waals surface area contributed by atoms with Crippen molar-refractivity contribution >= 4 is 16.9 Å². The fraction of sp³-hybridized carbons (Fsp3) is 0. The van der Waals surface area contributed by atoms with Crippen LogP contribution >= 0.6 is 0 Å². The summed E-state index contributed by atoms with van der Waals surface area (Å²) in [6, 6.07) is 12.1. The first-order valence-electron chi connectivity index (χ1n) is 5.42. The molecule has 0 aliphatic rings. The maximum absolute atomic E-state index is 10.9. The largest absolute Gasteiger partial charge is 0.478 e. The van der Waals surface area contributed by atoms with E-state index in [1.54, 1.807) is 24.4 Å². The zero-order valence-corrected chi connectivity index (χ0v) is 9.33. The van der Waals surface area contributed by atoms with Crippen molar-refractivity contribution in [1.29, 1.82) is 0 Å². The summed E-state index contributed by atoms with van der Waals surface area (Å²) in [7, 11) is 0. The molecule has 0 aliphatic carbocycles. The van der Waals surface area contributed by atoms with E-state index in [-0.39, 0.29) is 5.56 Å². The molecule has 0 amide bonds. The van der Waals surface area contributed by atoms with Gasteiger partial charge in [0.05, 0.1) is 5.56 Å². The summed E-state index contributed by atoms with van der Waals surface area (Å²) in [5, 5.41) is 9.68. The molecule has 4 heteroatoms. The summed E-state index contributed by atoms with van der Waals surface area (Å²) in [4.78, 5) is 15.1. The van der Waals surface area contributed by atoms with E-state index in [1.165, 1.54) is 6.07 Å². The first-order valence-corrected chi connectivity index (χ1v) is 5.42. The van der Waals surface area contributed by atoms with E-state index in [0.29, 0.717) is 11.3 Å². The molecule has 0 fully saturated rings. The number of hydrogen-bond acceptors (Lipinski definition) is 3. The topological polar surface area (TPSA) is 63.3 Å². The highest BCUT2D eigenvalue weighted by molar-refractivity contribution is 5.93. The minimum absolute atomic E-state index is 0.246. The fourth-order valence-corrected chi connectivity index (χ4v) is 1.81. The Balaban J connectivity index is 2.14. The molecule has 1 N–H and O–H groups in total. The number of hydrogen-bond donors (Lipinski definition) is 1.